The normalized spacial score (nSPS) is 14.5. The van der Waals surface area contributed by atoms with Crippen molar-refractivity contribution in [3.8, 4) is 37.4 Å². The van der Waals surface area contributed by atoms with Crippen molar-refractivity contribution in [2.24, 2.45) is 0 Å². The van der Waals surface area contributed by atoms with E-state index in [2.05, 4.69) is 43.3 Å². The molecule has 0 radical (unpaired) electrons. The number of carbonyl (C=O) groups excluding carboxylic acids is 1. The molecule has 2 aliphatic heterocycles. The number of likely N-dealkylation sites (N-methyl/N-ethyl adjacent to an activating group) is 1. The molecule has 1 fully saturated rings. The first-order valence-electron chi connectivity index (χ1n) is 25.3. The van der Waals surface area contributed by atoms with E-state index in [4.69, 9.17) is 83.0 Å². The van der Waals surface area contributed by atoms with Gasteiger partial charge in [0.1, 0.15) is 45.8 Å². The number of methoxy groups -OCH3 is 2. The van der Waals surface area contributed by atoms with Crippen LogP contribution in [0.15, 0.2) is 71.8 Å². The van der Waals surface area contributed by atoms with Gasteiger partial charge in [-0.25, -0.2) is 4.98 Å². The zero-order valence-electron chi connectivity index (χ0n) is 43.6. The van der Waals surface area contributed by atoms with E-state index in [-0.39, 0.29) is 5.91 Å². The van der Waals surface area contributed by atoms with Crippen LogP contribution in [0, 0.1) is 13.8 Å². The summed E-state index contributed by atoms with van der Waals surface area (Å²) in [6.45, 7) is 14.0. The van der Waals surface area contributed by atoms with Gasteiger partial charge in [0.2, 0.25) is 0 Å². The van der Waals surface area contributed by atoms with Crippen molar-refractivity contribution in [3.05, 3.63) is 105 Å². The van der Waals surface area contributed by atoms with E-state index in [1.807, 2.05) is 38.1 Å². The highest BCUT2D eigenvalue weighted by Crippen LogP contribution is 2.59. The molecule has 1 saturated heterocycles. The number of ether oxygens (including phenoxy) is 11. The number of hydrogen-bond donors (Lipinski definition) is 0. The zero-order chi connectivity index (χ0) is 53.6. The fraction of sp³-hybridized carbons (Fsp3) is 0.418. The van der Waals surface area contributed by atoms with Crippen molar-refractivity contribution < 1.29 is 56.9 Å². The summed E-state index contributed by atoms with van der Waals surface area (Å²) < 4.78 is 73.7. The molecule has 0 saturated carbocycles. The van der Waals surface area contributed by atoms with Crippen LogP contribution in [-0.4, -0.2) is 160 Å². The number of nitrogens with zero attached hydrogens (tertiary/aromatic N) is 5. The molecule has 0 N–H and O–H groups in total. The van der Waals surface area contributed by atoms with Crippen LogP contribution in [0.1, 0.15) is 39.7 Å². The Kier molecular flexibility index (Phi) is 20.4. The lowest BCUT2D eigenvalue weighted by molar-refractivity contribution is -0.122. The molecule has 4 aromatic heterocycles. The standard InChI is InChI=1S/C55H61N5O12S5/c1-6-60-53(61)45(76-54(60)73)32-39-34-56-49-46(50-48(58-77-59-50)36(3)47(49)57-39)44-33-42-51(75-44)52-43(31-35(2)74-52)72-55(42,37-7-11-40(12-8-37)70-29-27-68-25-23-66-21-19-64-17-15-62-4)38-9-13-41(14-10-38)71-30-28-69-26-24-67-22-20-65-18-16-63-5/h7-14,31-34H,6,15-30H2,1-5H3/b45-32+. The van der Waals surface area contributed by atoms with Crippen molar-refractivity contribution in [3.63, 3.8) is 0 Å². The van der Waals surface area contributed by atoms with Gasteiger partial charge >= 0.3 is 0 Å². The fourth-order valence-corrected chi connectivity index (χ4v) is 13.1. The van der Waals surface area contributed by atoms with Crippen molar-refractivity contribution in [1.82, 2.24) is 23.6 Å². The van der Waals surface area contributed by atoms with Crippen LogP contribution in [0.2, 0.25) is 0 Å². The Morgan fingerprint density at radius 1 is 0.649 bits per heavy atom. The minimum Gasteiger partial charge on any atom is -0.491 e. The van der Waals surface area contributed by atoms with Gasteiger partial charge in [-0.2, -0.15) is 8.75 Å². The lowest BCUT2D eigenvalue weighted by Crippen LogP contribution is -2.37. The second-order valence-corrected chi connectivity index (χ2v) is 22.0. The highest BCUT2D eigenvalue weighted by atomic mass is 32.2. The highest BCUT2D eigenvalue weighted by molar-refractivity contribution is 8.26. The second kappa shape index (κ2) is 27.7. The van der Waals surface area contributed by atoms with Crippen molar-refractivity contribution >= 4 is 96.8 Å². The number of thioether (sulfide) groups is 1. The lowest BCUT2D eigenvalue weighted by atomic mass is 9.78. The Hall–Kier alpha value is -5.05. The number of aromatic nitrogens is 4. The molecular formula is C55H61N5O12S5. The maximum atomic E-state index is 13.2. The minimum absolute atomic E-state index is 0.137. The lowest BCUT2D eigenvalue weighted by Gasteiger charge is -2.39. The van der Waals surface area contributed by atoms with Gasteiger partial charge in [-0.05, 0) is 63.2 Å². The van der Waals surface area contributed by atoms with Gasteiger partial charge in [-0.1, -0.05) is 48.2 Å². The molecule has 3 aromatic carbocycles. The molecule has 0 bridgehead atoms. The Balaban J connectivity index is 1.00. The van der Waals surface area contributed by atoms with Gasteiger partial charge in [0.15, 0.2) is 5.60 Å². The monoisotopic (exact) mass is 1140 g/mol. The Labute approximate surface area is 469 Å². The molecule has 7 aromatic rings. The zero-order valence-corrected chi connectivity index (χ0v) is 47.7. The molecule has 0 unspecified atom stereocenters. The summed E-state index contributed by atoms with van der Waals surface area (Å²) in [5, 5.41) is 0. The van der Waals surface area contributed by atoms with E-state index < -0.39 is 5.60 Å². The van der Waals surface area contributed by atoms with Gasteiger partial charge in [0.05, 0.1) is 142 Å². The van der Waals surface area contributed by atoms with Gasteiger partial charge in [0, 0.05) is 58.3 Å². The molecule has 1 amide bonds. The molecule has 17 nitrogen and oxygen atoms in total. The SMILES string of the molecule is CCN1C(=O)/C(=C\c2cnc3c(-c4cc5c(s4)-c4sc(C)cc4OC5(c4ccc(OCCOCCOCCOCCOC)cc4)c4ccc(OCCOCCOCCOCCOC)cc4)c4nsnc4c(C)c3n2)SC1=S. The van der Waals surface area contributed by atoms with Crippen LogP contribution in [0.5, 0.6) is 17.2 Å². The van der Waals surface area contributed by atoms with E-state index in [1.165, 1.54) is 11.8 Å². The van der Waals surface area contributed by atoms with E-state index in [9.17, 15) is 4.79 Å². The van der Waals surface area contributed by atoms with Gasteiger partial charge < -0.3 is 52.1 Å². The smallest absolute Gasteiger partial charge is 0.266 e. The molecule has 0 atom stereocenters. The largest absolute Gasteiger partial charge is 0.491 e. The van der Waals surface area contributed by atoms with E-state index >= 15 is 0 Å². The number of aryl methyl sites for hydroxylation is 2. The molecule has 2 aliphatic rings. The first-order chi connectivity index (χ1) is 37.7. The van der Waals surface area contributed by atoms with E-state index in [1.54, 1.807) is 54.1 Å². The predicted molar refractivity (Wildman–Crippen MR) is 305 cm³/mol. The predicted octanol–water partition coefficient (Wildman–Crippen LogP) is 9.76. The van der Waals surface area contributed by atoms with Crippen LogP contribution in [0.4, 0.5) is 0 Å². The Morgan fingerprint density at radius 2 is 1.18 bits per heavy atom. The summed E-state index contributed by atoms with van der Waals surface area (Å²) in [7, 11) is 3.29. The average Bonchev–Trinajstić information content (AvgIpc) is 4.25. The molecule has 77 heavy (non-hydrogen) atoms. The molecule has 6 heterocycles. The number of thiophene rings is 2. The quantitative estimate of drug-likeness (QED) is 0.0228. The van der Waals surface area contributed by atoms with Crippen LogP contribution in [-0.2, 0) is 48.3 Å². The molecule has 0 spiro atoms. The number of hydrogen-bond acceptors (Lipinski definition) is 21. The van der Waals surface area contributed by atoms with Crippen LogP contribution in [0.3, 0.4) is 0 Å². The van der Waals surface area contributed by atoms with Crippen molar-refractivity contribution in [2.75, 3.05) is 126 Å². The van der Waals surface area contributed by atoms with Crippen LogP contribution < -0.4 is 14.2 Å². The maximum Gasteiger partial charge on any atom is 0.266 e. The number of fused-ring (bicyclic) bond motifs is 5. The Morgan fingerprint density at radius 3 is 1.71 bits per heavy atom. The molecule has 9 rings (SSSR count). The van der Waals surface area contributed by atoms with Gasteiger partial charge in [-0.15, -0.1) is 22.7 Å². The Bertz CT molecular complexity index is 3060. The average molecular weight is 1140 g/mol. The summed E-state index contributed by atoms with van der Waals surface area (Å²) in [5.41, 5.74) is 6.64. The summed E-state index contributed by atoms with van der Waals surface area (Å²) >= 11 is 11.3. The van der Waals surface area contributed by atoms with E-state index in [0.29, 0.717) is 150 Å². The fourth-order valence-electron chi connectivity index (χ4n) is 8.74. The highest BCUT2D eigenvalue weighted by Gasteiger charge is 2.47. The number of rotatable bonds is 31. The van der Waals surface area contributed by atoms with Gasteiger partial charge in [0.25, 0.3) is 5.91 Å². The summed E-state index contributed by atoms with van der Waals surface area (Å²) in [5.74, 6) is 2.02. The molecule has 408 valence electrons. The number of carbonyl (C=O) groups is 1. The van der Waals surface area contributed by atoms with Gasteiger partial charge in [-0.3, -0.25) is 14.7 Å². The third kappa shape index (κ3) is 13.4. The van der Waals surface area contributed by atoms with Crippen LogP contribution in [0.25, 0.3) is 48.3 Å². The second-order valence-electron chi connectivity index (χ2n) is 17.5. The number of amides is 1. The summed E-state index contributed by atoms with van der Waals surface area (Å²) in [6.07, 6.45) is 3.47. The van der Waals surface area contributed by atoms with Crippen molar-refractivity contribution in [2.45, 2.75) is 26.4 Å². The maximum absolute atomic E-state index is 13.2. The molecule has 0 aliphatic carbocycles. The topological polar surface area (TPSA) is 173 Å². The third-order valence-corrected chi connectivity index (χ3v) is 16.7. The molecule has 22 heteroatoms. The van der Waals surface area contributed by atoms with Crippen molar-refractivity contribution in [1.29, 1.82) is 0 Å². The third-order valence-electron chi connectivity index (χ3n) is 12.4. The summed E-state index contributed by atoms with van der Waals surface area (Å²) in [4.78, 5) is 29.7. The first-order valence-corrected chi connectivity index (χ1v) is 28.8. The van der Waals surface area contributed by atoms with Crippen LogP contribution >= 0.6 is 58.4 Å². The minimum atomic E-state index is -1.14. The first kappa shape index (κ1) is 56.7. The van der Waals surface area contributed by atoms with E-state index in [0.717, 1.165) is 75.8 Å². The molecular weight excluding hydrogens is 1080 g/mol. The number of benzene rings is 3. The summed E-state index contributed by atoms with van der Waals surface area (Å²) in [6, 6.07) is 20.5. The number of thiocarbonyl (C=S) groups is 1.